The van der Waals surface area contributed by atoms with E-state index in [1.54, 1.807) is 0 Å². The molecule has 0 aromatic carbocycles. The van der Waals surface area contributed by atoms with Crippen LogP contribution in [0, 0.1) is 19.8 Å². The maximum absolute atomic E-state index is 6.06. The first-order valence-corrected chi connectivity index (χ1v) is 7.62. The Balaban J connectivity index is 1.74. The summed E-state index contributed by atoms with van der Waals surface area (Å²) in [4.78, 5) is 6.72. The molecule has 0 unspecified atom stereocenters. The Labute approximate surface area is 121 Å². The Bertz CT molecular complexity index is 455. The quantitative estimate of drug-likeness (QED) is 0.520. The van der Waals surface area contributed by atoms with Crippen LogP contribution in [0.3, 0.4) is 0 Å². The second kappa shape index (κ2) is 6.77. The molecule has 1 aromatic rings. The lowest BCUT2D eigenvalue weighted by Crippen LogP contribution is -2.42. The summed E-state index contributed by atoms with van der Waals surface area (Å²) in [6, 6.07) is 2.10. The minimum Gasteiger partial charge on any atom is -0.370 e. The monoisotopic (exact) mass is 277 g/mol. The summed E-state index contributed by atoms with van der Waals surface area (Å²) in [5.41, 5.74) is 8.35. The van der Waals surface area contributed by atoms with Crippen LogP contribution in [0.25, 0.3) is 0 Å². The van der Waals surface area contributed by atoms with Crippen LogP contribution in [-0.4, -0.2) is 40.3 Å². The summed E-state index contributed by atoms with van der Waals surface area (Å²) in [5, 5.41) is 4.45. The fourth-order valence-electron chi connectivity index (χ4n) is 2.65. The fourth-order valence-corrected chi connectivity index (χ4v) is 2.65. The summed E-state index contributed by atoms with van der Waals surface area (Å²) < 4.78 is 2.05. The molecule has 2 heterocycles. The van der Waals surface area contributed by atoms with Gasteiger partial charge in [0.05, 0.1) is 5.69 Å². The van der Waals surface area contributed by atoms with Crippen molar-refractivity contribution in [2.24, 2.45) is 16.6 Å². The number of hydrogen-bond acceptors (Lipinski definition) is 2. The second-order valence-corrected chi connectivity index (χ2v) is 5.91. The average molecular weight is 277 g/mol. The fraction of sp³-hybridized carbons (Fsp3) is 0.733. The van der Waals surface area contributed by atoms with Gasteiger partial charge in [-0.2, -0.15) is 5.10 Å². The lowest BCUT2D eigenvalue weighted by Gasteiger charge is -2.31. The molecule has 0 bridgehead atoms. The van der Waals surface area contributed by atoms with E-state index in [0.717, 1.165) is 44.2 Å². The van der Waals surface area contributed by atoms with E-state index < -0.39 is 0 Å². The van der Waals surface area contributed by atoms with Gasteiger partial charge in [0.15, 0.2) is 5.96 Å². The van der Waals surface area contributed by atoms with Crippen molar-refractivity contribution in [2.75, 3.05) is 19.6 Å². The van der Waals surface area contributed by atoms with E-state index in [4.69, 9.17) is 5.73 Å². The van der Waals surface area contributed by atoms with Crippen molar-refractivity contribution < 1.29 is 0 Å². The maximum Gasteiger partial charge on any atom is 0.191 e. The average Bonchev–Trinajstić information content (AvgIpc) is 2.73. The molecule has 0 saturated carbocycles. The molecule has 2 rings (SSSR count). The molecule has 0 atom stereocenters. The van der Waals surface area contributed by atoms with Crippen molar-refractivity contribution in [3.05, 3.63) is 17.5 Å². The summed E-state index contributed by atoms with van der Waals surface area (Å²) >= 11 is 0. The van der Waals surface area contributed by atoms with Gasteiger partial charge in [0.25, 0.3) is 0 Å². The van der Waals surface area contributed by atoms with Crippen LogP contribution < -0.4 is 5.73 Å². The summed E-state index contributed by atoms with van der Waals surface area (Å²) in [5.74, 6) is 1.54. The number of aryl methyl sites for hydroxylation is 3. The van der Waals surface area contributed by atoms with Gasteiger partial charge in [-0.1, -0.05) is 6.92 Å². The van der Waals surface area contributed by atoms with Crippen LogP contribution in [0.5, 0.6) is 0 Å². The molecule has 5 nitrogen and oxygen atoms in total. The molecule has 0 aliphatic carbocycles. The van der Waals surface area contributed by atoms with Crippen molar-refractivity contribution in [1.82, 2.24) is 14.7 Å². The molecule has 1 fully saturated rings. The topological polar surface area (TPSA) is 59.4 Å². The minimum atomic E-state index is 0.713. The van der Waals surface area contributed by atoms with Gasteiger partial charge >= 0.3 is 0 Å². The zero-order chi connectivity index (χ0) is 14.5. The Hall–Kier alpha value is -1.52. The first kappa shape index (κ1) is 14.9. The lowest BCUT2D eigenvalue weighted by atomic mass is 10.00. The molecule has 20 heavy (non-hydrogen) atoms. The van der Waals surface area contributed by atoms with E-state index in [-0.39, 0.29) is 0 Å². The van der Waals surface area contributed by atoms with Crippen LogP contribution in [0.2, 0.25) is 0 Å². The number of guanidine groups is 1. The highest BCUT2D eigenvalue weighted by atomic mass is 15.3. The van der Waals surface area contributed by atoms with Gasteiger partial charge in [0.2, 0.25) is 0 Å². The zero-order valence-electron chi connectivity index (χ0n) is 13.0. The molecule has 2 N–H and O–H groups in total. The van der Waals surface area contributed by atoms with Crippen LogP contribution in [-0.2, 0) is 6.54 Å². The van der Waals surface area contributed by atoms with Crippen LogP contribution in [0.1, 0.15) is 37.6 Å². The Morgan fingerprint density at radius 1 is 1.40 bits per heavy atom. The molecule has 1 aliphatic rings. The smallest absolute Gasteiger partial charge is 0.191 e. The Kier molecular flexibility index (Phi) is 5.04. The molecule has 1 saturated heterocycles. The Morgan fingerprint density at radius 2 is 2.10 bits per heavy atom. The molecule has 112 valence electrons. The molecule has 0 spiro atoms. The number of hydrogen-bond donors (Lipinski definition) is 1. The zero-order valence-corrected chi connectivity index (χ0v) is 13.0. The van der Waals surface area contributed by atoms with E-state index in [9.17, 15) is 0 Å². The third-order valence-corrected chi connectivity index (χ3v) is 4.01. The first-order valence-electron chi connectivity index (χ1n) is 7.62. The summed E-state index contributed by atoms with van der Waals surface area (Å²) in [7, 11) is 0. The highest BCUT2D eigenvalue weighted by Crippen LogP contribution is 2.15. The largest absolute Gasteiger partial charge is 0.370 e. The minimum absolute atomic E-state index is 0.713. The van der Waals surface area contributed by atoms with E-state index in [1.165, 1.54) is 18.5 Å². The van der Waals surface area contributed by atoms with Crippen LogP contribution in [0.15, 0.2) is 11.1 Å². The van der Waals surface area contributed by atoms with Gasteiger partial charge in [-0.15, -0.1) is 0 Å². The molecule has 1 aliphatic heterocycles. The predicted octanol–water partition coefficient (Wildman–Crippen LogP) is 1.94. The Morgan fingerprint density at radius 3 is 2.70 bits per heavy atom. The van der Waals surface area contributed by atoms with E-state index in [2.05, 4.69) is 34.9 Å². The SMILES string of the molecule is Cc1cc(C)n(CCCN=C(N)N2CCC(C)CC2)n1. The molecular formula is C15H27N5. The molecule has 5 heteroatoms. The van der Waals surface area contributed by atoms with Gasteiger partial charge in [-0.3, -0.25) is 9.67 Å². The van der Waals surface area contributed by atoms with E-state index in [0.29, 0.717) is 5.96 Å². The number of likely N-dealkylation sites (tertiary alicyclic amines) is 1. The van der Waals surface area contributed by atoms with Crippen molar-refractivity contribution in [2.45, 2.75) is 46.6 Å². The van der Waals surface area contributed by atoms with E-state index in [1.807, 2.05) is 11.6 Å². The highest BCUT2D eigenvalue weighted by molar-refractivity contribution is 5.78. The number of aliphatic imine (C=N–C) groups is 1. The van der Waals surface area contributed by atoms with Crippen molar-refractivity contribution in [3.8, 4) is 0 Å². The van der Waals surface area contributed by atoms with Gasteiger partial charge < -0.3 is 10.6 Å². The predicted molar refractivity (Wildman–Crippen MR) is 82.8 cm³/mol. The number of piperidine rings is 1. The third-order valence-electron chi connectivity index (χ3n) is 4.01. The van der Waals surface area contributed by atoms with E-state index >= 15 is 0 Å². The van der Waals surface area contributed by atoms with Crippen LogP contribution in [0.4, 0.5) is 0 Å². The van der Waals surface area contributed by atoms with Gasteiger partial charge in [-0.05, 0) is 45.1 Å². The standard InChI is InChI=1S/C15H27N5/c1-12-5-9-19(10-6-12)15(16)17-7-4-8-20-14(3)11-13(2)18-20/h11-12H,4-10H2,1-3H3,(H2,16,17). The lowest BCUT2D eigenvalue weighted by molar-refractivity contribution is 0.277. The number of nitrogens with zero attached hydrogens (tertiary/aromatic N) is 4. The summed E-state index contributed by atoms with van der Waals surface area (Å²) in [6.07, 6.45) is 3.43. The summed E-state index contributed by atoms with van der Waals surface area (Å²) in [6.45, 7) is 10.2. The number of nitrogens with two attached hydrogens (primary N) is 1. The van der Waals surface area contributed by atoms with Gasteiger partial charge in [-0.25, -0.2) is 0 Å². The molecular weight excluding hydrogens is 250 g/mol. The van der Waals surface area contributed by atoms with Gasteiger partial charge in [0.1, 0.15) is 0 Å². The second-order valence-electron chi connectivity index (χ2n) is 5.91. The molecule has 0 radical (unpaired) electrons. The first-order chi connectivity index (χ1) is 9.56. The van der Waals surface area contributed by atoms with Crippen molar-refractivity contribution >= 4 is 5.96 Å². The van der Waals surface area contributed by atoms with Crippen molar-refractivity contribution in [1.29, 1.82) is 0 Å². The van der Waals surface area contributed by atoms with Gasteiger partial charge in [0, 0.05) is 31.9 Å². The number of aromatic nitrogens is 2. The third kappa shape index (κ3) is 3.99. The highest BCUT2D eigenvalue weighted by Gasteiger charge is 2.16. The maximum atomic E-state index is 6.06. The molecule has 0 amide bonds. The van der Waals surface area contributed by atoms with Crippen LogP contribution >= 0.6 is 0 Å². The van der Waals surface area contributed by atoms with Crippen molar-refractivity contribution in [3.63, 3.8) is 0 Å². The molecule has 1 aromatic heterocycles. The normalized spacial score (nSPS) is 17.8. The number of rotatable bonds is 4.